The highest BCUT2D eigenvalue weighted by atomic mass is 35.5. The van der Waals surface area contributed by atoms with Crippen molar-refractivity contribution in [3.63, 3.8) is 0 Å². The van der Waals surface area contributed by atoms with Gasteiger partial charge in [0.2, 0.25) is 5.28 Å². The number of benzene rings is 1. The fourth-order valence-electron chi connectivity index (χ4n) is 2.15. The standard InChI is InChI=1S/C14H14ClN5O/c1-16-12-11-13(19-14(15)18-12)20(8-17-11)6-9-2-4-10(7-21)5-3-9/h2-5,8,21H,6-7H2,1H3,(H,16,18,19). The van der Waals surface area contributed by atoms with Crippen molar-refractivity contribution in [3.8, 4) is 0 Å². The van der Waals surface area contributed by atoms with Gasteiger partial charge in [-0.15, -0.1) is 0 Å². The average molecular weight is 304 g/mol. The van der Waals surface area contributed by atoms with E-state index in [0.717, 1.165) is 11.1 Å². The van der Waals surface area contributed by atoms with Crippen molar-refractivity contribution in [1.82, 2.24) is 19.5 Å². The Bertz CT molecular complexity index is 769. The summed E-state index contributed by atoms with van der Waals surface area (Å²) in [7, 11) is 1.77. The summed E-state index contributed by atoms with van der Waals surface area (Å²) in [5.41, 5.74) is 3.35. The van der Waals surface area contributed by atoms with Crippen LogP contribution in [0.3, 0.4) is 0 Å². The lowest BCUT2D eigenvalue weighted by Gasteiger charge is -2.06. The molecule has 2 heterocycles. The number of aliphatic hydroxyl groups excluding tert-OH is 1. The first-order valence-electron chi connectivity index (χ1n) is 6.46. The first-order chi connectivity index (χ1) is 10.2. The molecule has 0 radical (unpaired) electrons. The van der Waals surface area contributed by atoms with Crippen molar-refractivity contribution in [2.24, 2.45) is 0 Å². The Labute approximate surface area is 126 Å². The average Bonchev–Trinajstić information content (AvgIpc) is 2.90. The summed E-state index contributed by atoms with van der Waals surface area (Å²) >= 11 is 5.94. The molecule has 7 heteroatoms. The summed E-state index contributed by atoms with van der Waals surface area (Å²) in [4.78, 5) is 12.7. The molecule has 0 aliphatic rings. The van der Waals surface area contributed by atoms with Gasteiger partial charge in [-0.25, -0.2) is 4.98 Å². The van der Waals surface area contributed by atoms with E-state index in [-0.39, 0.29) is 11.9 Å². The van der Waals surface area contributed by atoms with E-state index < -0.39 is 0 Å². The fraction of sp³-hybridized carbons (Fsp3) is 0.214. The van der Waals surface area contributed by atoms with Crippen LogP contribution < -0.4 is 5.32 Å². The summed E-state index contributed by atoms with van der Waals surface area (Å²) < 4.78 is 1.91. The molecule has 0 amide bonds. The number of imidazole rings is 1. The monoisotopic (exact) mass is 303 g/mol. The van der Waals surface area contributed by atoms with Crippen LogP contribution in [0.15, 0.2) is 30.6 Å². The maximum atomic E-state index is 9.06. The third-order valence-corrected chi connectivity index (χ3v) is 3.40. The lowest BCUT2D eigenvalue weighted by Crippen LogP contribution is -2.02. The zero-order valence-electron chi connectivity index (χ0n) is 11.4. The molecule has 0 saturated carbocycles. The number of halogens is 1. The SMILES string of the molecule is CNc1nc(Cl)nc2c1ncn2Cc1ccc(CO)cc1. The molecule has 0 fully saturated rings. The smallest absolute Gasteiger partial charge is 0.226 e. The highest BCUT2D eigenvalue weighted by Crippen LogP contribution is 2.21. The van der Waals surface area contributed by atoms with Gasteiger partial charge in [0.15, 0.2) is 17.0 Å². The molecule has 0 aliphatic carbocycles. The van der Waals surface area contributed by atoms with Crippen LogP contribution >= 0.6 is 11.6 Å². The van der Waals surface area contributed by atoms with Crippen LogP contribution in [-0.4, -0.2) is 31.7 Å². The first-order valence-corrected chi connectivity index (χ1v) is 6.84. The van der Waals surface area contributed by atoms with E-state index >= 15 is 0 Å². The lowest BCUT2D eigenvalue weighted by atomic mass is 10.1. The van der Waals surface area contributed by atoms with Crippen LogP contribution in [0.5, 0.6) is 0 Å². The molecular weight excluding hydrogens is 290 g/mol. The van der Waals surface area contributed by atoms with Crippen LogP contribution in [0.4, 0.5) is 5.82 Å². The summed E-state index contributed by atoms with van der Waals surface area (Å²) in [6, 6.07) is 7.74. The van der Waals surface area contributed by atoms with Gasteiger partial charge < -0.3 is 15.0 Å². The zero-order chi connectivity index (χ0) is 14.8. The molecule has 0 saturated heterocycles. The molecule has 1 aromatic carbocycles. The largest absolute Gasteiger partial charge is 0.392 e. The van der Waals surface area contributed by atoms with Crippen LogP contribution in [0.1, 0.15) is 11.1 Å². The maximum Gasteiger partial charge on any atom is 0.226 e. The Balaban J connectivity index is 1.98. The highest BCUT2D eigenvalue weighted by molar-refractivity contribution is 6.28. The van der Waals surface area contributed by atoms with Gasteiger partial charge in [0, 0.05) is 7.05 Å². The number of anilines is 1. The predicted molar refractivity (Wildman–Crippen MR) is 81.3 cm³/mol. The van der Waals surface area contributed by atoms with Gasteiger partial charge in [0.1, 0.15) is 0 Å². The Morgan fingerprint density at radius 3 is 2.57 bits per heavy atom. The van der Waals surface area contributed by atoms with E-state index in [4.69, 9.17) is 16.7 Å². The van der Waals surface area contributed by atoms with E-state index in [9.17, 15) is 0 Å². The van der Waals surface area contributed by atoms with Crippen molar-refractivity contribution < 1.29 is 5.11 Å². The van der Waals surface area contributed by atoms with Crippen molar-refractivity contribution in [2.75, 3.05) is 12.4 Å². The molecule has 2 aromatic heterocycles. The number of hydrogen-bond donors (Lipinski definition) is 2. The van der Waals surface area contributed by atoms with Gasteiger partial charge >= 0.3 is 0 Å². The summed E-state index contributed by atoms with van der Waals surface area (Å²) in [5, 5.41) is 12.2. The normalized spacial score (nSPS) is 11.0. The van der Waals surface area contributed by atoms with Gasteiger partial charge in [-0.2, -0.15) is 9.97 Å². The molecule has 0 unspecified atom stereocenters. The topological polar surface area (TPSA) is 75.9 Å². The molecule has 3 aromatic rings. The fourth-order valence-corrected chi connectivity index (χ4v) is 2.32. The van der Waals surface area contributed by atoms with E-state index in [2.05, 4.69) is 20.3 Å². The second kappa shape index (κ2) is 5.67. The molecule has 0 aliphatic heterocycles. The molecule has 0 bridgehead atoms. The van der Waals surface area contributed by atoms with Gasteiger partial charge in [-0.05, 0) is 22.7 Å². The second-order valence-electron chi connectivity index (χ2n) is 4.61. The molecule has 3 rings (SSSR count). The number of aromatic nitrogens is 4. The summed E-state index contributed by atoms with van der Waals surface area (Å²) in [6.45, 7) is 0.668. The molecule has 108 valence electrons. The quantitative estimate of drug-likeness (QED) is 0.722. The Kier molecular flexibility index (Phi) is 3.72. The van der Waals surface area contributed by atoms with Crippen LogP contribution in [0, 0.1) is 0 Å². The minimum Gasteiger partial charge on any atom is -0.392 e. The third-order valence-electron chi connectivity index (χ3n) is 3.23. The summed E-state index contributed by atoms with van der Waals surface area (Å²) in [5.74, 6) is 0.611. The Morgan fingerprint density at radius 2 is 1.90 bits per heavy atom. The van der Waals surface area contributed by atoms with E-state index in [0.29, 0.717) is 23.5 Å². The van der Waals surface area contributed by atoms with Crippen LogP contribution in [0.2, 0.25) is 5.28 Å². The maximum absolute atomic E-state index is 9.06. The van der Waals surface area contributed by atoms with E-state index in [1.807, 2.05) is 28.8 Å². The number of hydrogen-bond acceptors (Lipinski definition) is 5. The van der Waals surface area contributed by atoms with E-state index in [1.54, 1.807) is 13.4 Å². The van der Waals surface area contributed by atoms with Gasteiger partial charge in [0.25, 0.3) is 0 Å². The van der Waals surface area contributed by atoms with Gasteiger partial charge in [0.05, 0.1) is 19.5 Å². The highest BCUT2D eigenvalue weighted by Gasteiger charge is 2.11. The number of fused-ring (bicyclic) bond motifs is 1. The number of aliphatic hydroxyl groups is 1. The lowest BCUT2D eigenvalue weighted by molar-refractivity contribution is 0.282. The Morgan fingerprint density at radius 1 is 1.19 bits per heavy atom. The van der Waals surface area contributed by atoms with Crippen molar-refractivity contribution >= 4 is 28.6 Å². The number of rotatable bonds is 4. The van der Waals surface area contributed by atoms with Crippen molar-refractivity contribution in [2.45, 2.75) is 13.2 Å². The molecule has 0 spiro atoms. The minimum atomic E-state index is 0.0443. The minimum absolute atomic E-state index is 0.0443. The van der Waals surface area contributed by atoms with Crippen molar-refractivity contribution in [1.29, 1.82) is 0 Å². The third kappa shape index (κ3) is 2.68. The number of nitrogens with one attached hydrogen (secondary N) is 1. The van der Waals surface area contributed by atoms with Gasteiger partial charge in [-0.3, -0.25) is 0 Å². The molecule has 0 atom stereocenters. The Hall–Kier alpha value is -2.18. The van der Waals surface area contributed by atoms with Crippen LogP contribution in [0.25, 0.3) is 11.2 Å². The molecule has 21 heavy (non-hydrogen) atoms. The molecule has 6 nitrogen and oxygen atoms in total. The first kappa shape index (κ1) is 13.8. The van der Waals surface area contributed by atoms with Crippen molar-refractivity contribution in [3.05, 3.63) is 47.0 Å². The number of nitrogens with zero attached hydrogens (tertiary/aromatic N) is 4. The molecular formula is C14H14ClN5O. The second-order valence-corrected chi connectivity index (χ2v) is 4.95. The molecule has 2 N–H and O–H groups in total. The van der Waals surface area contributed by atoms with Gasteiger partial charge in [-0.1, -0.05) is 24.3 Å². The van der Waals surface area contributed by atoms with E-state index in [1.165, 1.54) is 0 Å². The van der Waals surface area contributed by atoms with Crippen LogP contribution in [-0.2, 0) is 13.2 Å². The zero-order valence-corrected chi connectivity index (χ0v) is 12.2. The summed E-state index contributed by atoms with van der Waals surface area (Å²) in [6.07, 6.45) is 1.72. The predicted octanol–water partition coefficient (Wildman–Crippen LogP) is 2.06.